The molecule has 0 N–H and O–H groups in total. The van der Waals surface area contributed by atoms with E-state index in [1.165, 1.54) is 20.2 Å². The number of fused-ring (bicyclic) bond motifs is 14. The number of benzene rings is 12. The molecule has 0 aliphatic rings. The van der Waals surface area contributed by atoms with E-state index in [9.17, 15) is 11.8 Å². The van der Waals surface area contributed by atoms with Crippen LogP contribution in [0.2, 0.25) is 0 Å². The first kappa shape index (κ1) is 45.8. The van der Waals surface area contributed by atoms with E-state index < -0.39 is 0 Å². The van der Waals surface area contributed by atoms with E-state index in [2.05, 4.69) is 257 Å². The lowest BCUT2D eigenvalue weighted by Crippen LogP contribution is -2.09. The first-order valence-corrected chi connectivity index (χ1v) is 28.4. The molecule has 4 aromatic heterocycles. The van der Waals surface area contributed by atoms with Gasteiger partial charge >= 0.3 is 0 Å². The third-order valence-corrected chi connectivity index (χ3v) is 18.5. The van der Waals surface area contributed by atoms with Gasteiger partial charge in [-0.25, -0.2) is 4.85 Å². The van der Waals surface area contributed by atoms with Crippen molar-refractivity contribution in [2.24, 2.45) is 0 Å². The topological polar surface area (TPSA) is 38.0 Å². The third kappa shape index (κ3) is 6.84. The van der Waals surface area contributed by atoms with Gasteiger partial charge in [0.1, 0.15) is 6.07 Å². The summed E-state index contributed by atoms with van der Waals surface area (Å²) in [4.78, 5) is 4.68. The van der Waals surface area contributed by atoms with E-state index in [1.807, 2.05) is 18.2 Å². The highest BCUT2D eigenvalue weighted by Crippen LogP contribution is 2.55. The molecule has 80 heavy (non-hydrogen) atoms. The van der Waals surface area contributed by atoms with Gasteiger partial charge in [0.15, 0.2) is 0 Å². The van der Waals surface area contributed by atoms with E-state index >= 15 is 0 Å². The van der Waals surface area contributed by atoms with Crippen molar-refractivity contribution in [3.63, 3.8) is 0 Å². The minimum Gasteiger partial charge on any atom is -0.318 e. The highest BCUT2D eigenvalue weighted by molar-refractivity contribution is 7.27. The van der Waals surface area contributed by atoms with Crippen LogP contribution < -0.4 is 0 Å². The van der Waals surface area contributed by atoms with Crippen molar-refractivity contribution in [1.29, 1.82) is 5.26 Å². The Morgan fingerprint density at radius 2 is 0.787 bits per heavy atom. The molecule has 0 radical (unpaired) electrons. The maximum Gasteiger partial charge on any atom is 0.220 e. The zero-order valence-electron chi connectivity index (χ0n) is 42.9. The van der Waals surface area contributed by atoms with Crippen molar-refractivity contribution in [3.8, 4) is 73.1 Å². The number of nitrogens with zero attached hydrogens (tertiary/aromatic N) is 4. The fraction of sp³-hybridized carbons (Fsp3) is 0. The van der Waals surface area contributed by atoms with E-state index in [4.69, 9.17) is 0 Å². The molecule has 0 saturated carbocycles. The molecular weight excluding hydrogens is 1010 g/mol. The summed E-state index contributed by atoms with van der Waals surface area (Å²) in [6, 6.07) is 93.5. The van der Waals surface area contributed by atoms with Crippen molar-refractivity contribution >= 4 is 112 Å². The average molecular weight is 1050 g/mol. The number of nitriles is 1. The highest BCUT2D eigenvalue weighted by atomic mass is 32.1. The maximum absolute atomic E-state index is 12.6. The standard InChI is InChI=1S/C74H42N4S2/c1-76-68-66(48-26-12-5-13-27-48)61(44-75)69(67(72(68)77-62-31-17-14-28-53(62)54-29-15-18-32-63(54)77)52-41-50(46-22-8-3-9-23-46)40-51(42-52)47-24-10-4-11-25-47)78-70-56(35-37-58-55-30-16-19-33-64(55)79-73(58)70)57-36-38-59-60-43-49(45-20-6-2-7-21-45)34-39-65(60)80-74(59)71(57)78/h2-43H. The minimum atomic E-state index is 0.401. The Bertz CT molecular complexity index is 5190. The zero-order chi connectivity index (χ0) is 53.0. The summed E-state index contributed by atoms with van der Waals surface area (Å²) in [5, 5.41) is 21.6. The van der Waals surface area contributed by atoms with Gasteiger partial charge < -0.3 is 9.13 Å². The Balaban J connectivity index is 1.19. The molecule has 0 fully saturated rings. The number of aromatic nitrogens is 2. The van der Waals surface area contributed by atoms with Crippen molar-refractivity contribution in [2.45, 2.75) is 0 Å². The Morgan fingerprint density at radius 3 is 1.34 bits per heavy atom. The van der Waals surface area contributed by atoms with Crippen molar-refractivity contribution < 1.29 is 0 Å². The van der Waals surface area contributed by atoms with Gasteiger partial charge in [-0.1, -0.05) is 206 Å². The van der Waals surface area contributed by atoms with Gasteiger partial charge in [-0.3, -0.25) is 0 Å². The van der Waals surface area contributed by atoms with Gasteiger partial charge in [-0.2, -0.15) is 5.26 Å². The average Bonchev–Trinajstić information content (AvgIpc) is 4.24. The molecule has 0 atom stereocenters. The van der Waals surface area contributed by atoms with Crippen LogP contribution in [0.3, 0.4) is 0 Å². The zero-order valence-corrected chi connectivity index (χ0v) is 44.5. The first-order valence-electron chi connectivity index (χ1n) is 26.7. The molecular formula is C74H42N4S2. The lowest BCUT2D eigenvalue weighted by molar-refractivity contribution is 1.14. The van der Waals surface area contributed by atoms with Gasteiger partial charge in [-0.05, 0) is 93.0 Å². The van der Waals surface area contributed by atoms with Crippen LogP contribution in [0.5, 0.6) is 0 Å². The molecule has 6 heteroatoms. The predicted molar refractivity (Wildman–Crippen MR) is 339 cm³/mol. The summed E-state index contributed by atoms with van der Waals surface area (Å²) < 4.78 is 9.42. The van der Waals surface area contributed by atoms with Crippen LogP contribution in [0.25, 0.3) is 156 Å². The first-order chi connectivity index (χ1) is 39.6. The predicted octanol–water partition coefficient (Wildman–Crippen LogP) is 21.4. The van der Waals surface area contributed by atoms with Crippen LogP contribution in [0.15, 0.2) is 255 Å². The van der Waals surface area contributed by atoms with Crippen LogP contribution in [0.1, 0.15) is 5.56 Å². The van der Waals surface area contributed by atoms with Gasteiger partial charge in [0.25, 0.3) is 0 Å². The van der Waals surface area contributed by atoms with Crippen LogP contribution in [0.4, 0.5) is 5.69 Å². The van der Waals surface area contributed by atoms with Crippen LogP contribution in [-0.4, -0.2) is 9.13 Å². The third-order valence-electron chi connectivity index (χ3n) is 16.1. The number of rotatable bonds is 7. The second kappa shape index (κ2) is 18.1. The van der Waals surface area contributed by atoms with E-state index in [-0.39, 0.29) is 0 Å². The van der Waals surface area contributed by atoms with Crippen LogP contribution >= 0.6 is 22.7 Å². The lowest BCUT2D eigenvalue weighted by atomic mass is 9.86. The lowest BCUT2D eigenvalue weighted by Gasteiger charge is -2.26. The van der Waals surface area contributed by atoms with Gasteiger partial charge in [0, 0.05) is 63.6 Å². The summed E-state index contributed by atoms with van der Waals surface area (Å²) >= 11 is 3.60. The number of thiophene rings is 2. The Morgan fingerprint density at radius 1 is 0.338 bits per heavy atom. The van der Waals surface area contributed by atoms with Gasteiger partial charge in [-0.15, -0.1) is 22.7 Å². The van der Waals surface area contributed by atoms with E-state index in [1.54, 1.807) is 22.7 Å². The molecule has 0 saturated heterocycles. The second-order valence-corrected chi connectivity index (χ2v) is 22.6. The fourth-order valence-corrected chi connectivity index (χ4v) is 15.1. The largest absolute Gasteiger partial charge is 0.318 e. The molecule has 0 unspecified atom stereocenters. The quantitative estimate of drug-likeness (QED) is 0.147. The molecule has 4 nitrogen and oxygen atoms in total. The molecule has 0 aliphatic carbocycles. The molecule has 0 bridgehead atoms. The van der Waals surface area contributed by atoms with E-state index in [0.717, 1.165) is 120 Å². The second-order valence-electron chi connectivity index (χ2n) is 20.5. The van der Waals surface area contributed by atoms with Crippen molar-refractivity contribution in [3.05, 3.63) is 272 Å². The monoisotopic (exact) mass is 1050 g/mol. The number of hydrogen-bond acceptors (Lipinski definition) is 3. The Labute approximate surface area is 468 Å². The van der Waals surface area contributed by atoms with E-state index in [0.29, 0.717) is 22.5 Å². The van der Waals surface area contributed by atoms with Gasteiger partial charge in [0.2, 0.25) is 5.69 Å². The molecule has 12 aromatic carbocycles. The minimum absolute atomic E-state index is 0.401. The summed E-state index contributed by atoms with van der Waals surface area (Å²) in [5.41, 5.74) is 15.8. The molecule has 4 heterocycles. The normalized spacial score (nSPS) is 11.7. The highest BCUT2D eigenvalue weighted by Gasteiger charge is 2.33. The maximum atomic E-state index is 12.6. The van der Waals surface area contributed by atoms with Crippen molar-refractivity contribution in [1.82, 2.24) is 9.13 Å². The molecule has 0 amide bonds. The summed E-state index contributed by atoms with van der Waals surface area (Å²) in [6.45, 7) is 9.60. The summed E-state index contributed by atoms with van der Waals surface area (Å²) in [7, 11) is 0. The molecule has 370 valence electrons. The summed E-state index contributed by atoms with van der Waals surface area (Å²) in [5.74, 6) is 0. The van der Waals surface area contributed by atoms with Gasteiger partial charge in [0.05, 0.1) is 55.0 Å². The number of para-hydroxylation sites is 2. The molecule has 0 aliphatic heterocycles. The fourth-order valence-electron chi connectivity index (χ4n) is 12.7. The summed E-state index contributed by atoms with van der Waals surface area (Å²) in [6.07, 6.45) is 0. The smallest absolute Gasteiger partial charge is 0.220 e. The Kier molecular flexibility index (Phi) is 10.4. The SMILES string of the molecule is [C-]#[N+]c1c(-c2ccccc2)c(C#N)c(-n2c3c(ccc4c5ccccc5sc43)c3ccc4c5cc(-c6ccccc6)ccc5sc4c32)c(-c2cc(-c3ccccc3)cc(-c3ccccc3)c2)c1-n1c2ccccc2c2ccccc21. The number of hydrogen-bond donors (Lipinski definition) is 0. The molecule has 0 spiro atoms. The van der Waals surface area contributed by atoms with Crippen molar-refractivity contribution in [2.75, 3.05) is 0 Å². The Hall–Kier alpha value is -10.3. The molecule has 16 rings (SSSR count). The van der Waals surface area contributed by atoms with Crippen LogP contribution in [0, 0.1) is 17.9 Å². The molecule has 16 aromatic rings. The van der Waals surface area contributed by atoms with Crippen LogP contribution in [-0.2, 0) is 0 Å².